The van der Waals surface area contributed by atoms with E-state index in [2.05, 4.69) is 0 Å². The van der Waals surface area contributed by atoms with Crippen molar-refractivity contribution in [2.75, 3.05) is 0 Å². The fraction of sp³-hybridized carbons (Fsp3) is 0.148. The van der Waals surface area contributed by atoms with Crippen molar-refractivity contribution in [3.05, 3.63) is 119 Å². The smallest absolute Gasteiger partial charge is 0.338 e. The molecule has 0 aromatic heterocycles. The molecular formula is C27H24O3. The number of hydrogen-bond donors (Lipinski definition) is 1. The van der Waals surface area contributed by atoms with Crippen LogP contribution in [0.15, 0.2) is 91.0 Å². The van der Waals surface area contributed by atoms with Crippen molar-refractivity contribution >= 4 is 16.7 Å². The van der Waals surface area contributed by atoms with Crippen molar-refractivity contribution in [3.8, 4) is 0 Å². The Kier molecular flexibility index (Phi) is 5.64. The largest absolute Gasteiger partial charge is 0.451 e. The maximum atomic E-state index is 13.0. The molecule has 0 spiro atoms. The Morgan fingerprint density at radius 1 is 0.733 bits per heavy atom. The van der Waals surface area contributed by atoms with Crippen LogP contribution in [0.1, 0.15) is 44.8 Å². The summed E-state index contributed by atoms with van der Waals surface area (Å²) in [5.74, 6) is -0.461. The van der Waals surface area contributed by atoms with E-state index in [0.717, 1.165) is 27.5 Å². The molecule has 1 N–H and O–H groups in total. The second-order valence-corrected chi connectivity index (χ2v) is 7.65. The van der Waals surface area contributed by atoms with E-state index in [1.54, 1.807) is 6.07 Å². The van der Waals surface area contributed by atoms with Crippen LogP contribution in [-0.4, -0.2) is 11.1 Å². The zero-order valence-electron chi connectivity index (χ0n) is 17.1. The molecule has 3 heteroatoms. The molecule has 0 aliphatic heterocycles. The first kappa shape index (κ1) is 19.9. The molecule has 0 unspecified atom stereocenters. The molecule has 3 nitrogen and oxygen atoms in total. The number of carbonyl (C=O) groups is 1. The molecule has 0 saturated carbocycles. The van der Waals surface area contributed by atoms with Crippen molar-refractivity contribution < 1.29 is 14.6 Å². The van der Waals surface area contributed by atoms with E-state index in [0.29, 0.717) is 11.1 Å². The topological polar surface area (TPSA) is 46.5 Å². The Morgan fingerprint density at radius 2 is 1.30 bits per heavy atom. The van der Waals surface area contributed by atoms with E-state index >= 15 is 0 Å². The number of esters is 1. The third kappa shape index (κ3) is 4.27. The van der Waals surface area contributed by atoms with Gasteiger partial charge in [0.15, 0.2) is 6.10 Å². The first-order valence-electron chi connectivity index (χ1n) is 10.0. The fourth-order valence-electron chi connectivity index (χ4n) is 3.51. The third-order valence-corrected chi connectivity index (χ3v) is 5.33. The van der Waals surface area contributed by atoms with E-state index in [1.807, 2.05) is 98.8 Å². The molecule has 0 heterocycles. The summed E-state index contributed by atoms with van der Waals surface area (Å²) in [5, 5.41) is 13.1. The first-order chi connectivity index (χ1) is 14.5. The average Bonchev–Trinajstić information content (AvgIpc) is 2.78. The summed E-state index contributed by atoms with van der Waals surface area (Å²) in [5.41, 5.74) is 4.12. The second kappa shape index (κ2) is 8.52. The number of benzene rings is 4. The van der Waals surface area contributed by atoms with Gasteiger partial charge in [0, 0.05) is 0 Å². The van der Waals surface area contributed by atoms with Gasteiger partial charge in [0.25, 0.3) is 0 Å². The summed E-state index contributed by atoms with van der Waals surface area (Å²) in [6.45, 7) is 3.99. The van der Waals surface area contributed by atoms with Crippen molar-refractivity contribution in [3.63, 3.8) is 0 Å². The summed E-state index contributed by atoms with van der Waals surface area (Å²) in [6, 6.07) is 28.7. The van der Waals surface area contributed by atoms with Gasteiger partial charge in [-0.3, -0.25) is 0 Å². The van der Waals surface area contributed by atoms with Crippen molar-refractivity contribution in [2.24, 2.45) is 0 Å². The first-order valence-corrected chi connectivity index (χ1v) is 10.0. The number of aryl methyl sites for hydroxylation is 2. The van der Waals surface area contributed by atoms with Crippen LogP contribution in [0, 0.1) is 13.8 Å². The SMILES string of the molecule is Cc1ccc([C@@H](O)[C@@H](OC(=O)c2ccc3ccccc3c2)c2ccc(C)cc2)cc1. The Labute approximate surface area is 176 Å². The highest BCUT2D eigenvalue weighted by atomic mass is 16.6. The minimum atomic E-state index is -0.974. The molecular weight excluding hydrogens is 372 g/mol. The zero-order valence-corrected chi connectivity index (χ0v) is 17.1. The van der Waals surface area contributed by atoms with Crippen LogP contribution in [0.2, 0.25) is 0 Å². The number of fused-ring (bicyclic) bond motifs is 1. The van der Waals surface area contributed by atoms with Gasteiger partial charge < -0.3 is 9.84 Å². The van der Waals surface area contributed by atoms with E-state index in [9.17, 15) is 9.90 Å². The Balaban J connectivity index is 1.66. The van der Waals surface area contributed by atoms with Gasteiger partial charge in [-0.05, 0) is 47.9 Å². The quantitative estimate of drug-likeness (QED) is 0.415. The lowest BCUT2D eigenvalue weighted by Crippen LogP contribution is -2.19. The van der Waals surface area contributed by atoms with Crippen LogP contribution in [0.3, 0.4) is 0 Å². The highest BCUT2D eigenvalue weighted by Gasteiger charge is 2.27. The lowest BCUT2D eigenvalue weighted by Gasteiger charge is -2.24. The minimum Gasteiger partial charge on any atom is -0.451 e. The van der Waals surface area contributed by atoms with Gasteiger partial charge in [-0.2, -0.15) is 0 Å². The number of hydrogen-bond acceptors (Lipinski definition) is 3. The lowest BCUT2D eigenvalue weighted by molar-refractivity contribution is -0.0209. The number of rotatable bonds is 5. The van der Waals surface area contributed by atoms with E-state index in [-0.39, 0.29) is 0 Å². The van der Waals surface area contributed by atoms with Crippen LogP contribution < -0.4 is 0 Å². The van der Waals surface area contributed by atoms with E-state index in [4.69, 9.17) is 4.74 Å². The third-order valence-electron chi connectivity index (χ3n) is 5.33. The monoisotopic (exact) mass is 396 g/mol. The summed E-state index contributed by atoms with van der Waals surface area (Å²) in [4.78, 5) is 13.0. The summed E-state index contributed by atoms with van der Waals surface area (Å²) in [6.07, 6.45) is -1.79. The number of aliphatic hydroxyl groups is 1. The van der Waals surface area contributed by atoms with Gasteiger partial charge in [-0.15, -0.1) is 0 Å². The highest BCUT2D eigenvalue weighted by molar-refractivity contribution is 5.95. The summed E-state index contributed by atoms with van der Waals surface area (Å²) >= 11 is 0. The lowest BCUT2D eigenvalue weighted by atomic mass is 9.96. The minimum absolute atomic E-state index is 0.460. The van der Waals surface area contributed by atoms with Gasteiger partial charge >= 0.3 is 5.97 Å². The molecule has 4 aromatic rings. The van der Waals surface area contributed by atoms with Crippen molar-refractivity contribution in [1.82, 2.24) is 0 Å². The maximum absolute atomic E-state index is 13.0. The molecule has 2 atom stereocenters. The van der Waals surface area contributed by atoms with Crippen LogP contribution >= 0.6 is 0 Å². The fourth-order valence-corrected chi connectivity index (χ4v) is 3.51. The average molecular weight is 396 g/mol. The Hall–Kier alpha value is -3.43. The van der Waals surface area contributed by atoms with Crippen molar-refractivity contribution in [1.29, 1.82) is 0 Å². The van der Waals surface area contributed by atoms with Gasteiger partial charge in [0.2, 0.25) is 0 Å². The second-order valence-electron chi connectivity index (χ2n) is 7.65. The molecule has 0 fully saturated rings. The molecule has 4 rings (SSSR count). The Morgan fingerprint density at radius 3 is 1.93 bits per heavy atom. The van der Waals surface area contributed by atoms with Crippen LogP contribution in [0.5, 0.6) is 0 Å². The van der Waals surface area contributed by atoms with Crippen molar-refractivity contribution in [2.45, 2.75) is 26.1 Å². The molecule has 0 aliphatic carbocycles. The number of aliphatic hydroxyl groups excluding tert-OH is 1. The standard InChI is InChI=1S/C27H24O3/c1-18-7-11-21(12-8-18)25(28)26(22-13-9-19(2)10-14-22)30-27(29)24-16-15-20-5-3-4-6-23(20)17-24/h3-17,25-26,28H,1-2H3/t25-,26+/m1/s1. The maximum Gasteiger partial charge on any atom is 0.338 e. The molecule has 30 heavy (non-hydrogen) atoms. The molecule has 0 amide bonds. The normalized spacial score (nSPS) is 13.0. The Bertz CT molecular complexity index is 1160. The molecule has 150 valence electrons. The predicted octanol–water partition coefficient (Wildman–Crippen LogP) is 6.09. The van der Waals surface area contributed by atoms with Gasteiger partial charge in [0.1, 0.15) is 6.10 Å². The van der Waals surface area contributed by atoms with Gasteiger partial charge in [0.05, 0.1) is 5.56 Å². The number of carbonyl (C=O) groups excluding carboxylic acids is 1. The molecule has 0 aliphatic rings. The van der Waals surface area contributed by atoms with Crippen LogP contribution in [0.25, 0.3) is 10.8 Å². The molecule has 0 radical (unpaired) electrons. The molecule has 0 saturated heterocycles. The summed E-state index contributed by atoms with van der Waals surface area (Å²) < 4.78 is 5.87. The van der Waals surface area contributed by atoms with Crippen LogP contribution in [-0.2, 0) is 4.74 Å². The summed E-state index contributed by atoms with van der Waals surface area (Å²) in [7, 11) is 0. The van der Waals surface area contributed by atoms with E-state index in [1.165, 1.54) is 0 Å². The molecule has 4 aromatic carbocycles. The molecule has 0 bridgehead atoms. The van der Waals surface area contributed by atoms with E-state index < -0.39 is 18.2 Å². The van der Waals surface area contributed by atoms with Crippen LogP contribution in [0.4, 0.5) is 0 Å². The zero-order chi connectivity index (χ0) is 21.1. The number of ether oxygens (including phenoxy) is 1. The highest BCUT2D eigenvalue weighted by Crippen LogP contribution is 2.33. The predicted molar refractivity (Wildman–Crippen MR) is 119 cm³/mol. The van der Waals surface area contributed by atoms with Gasteiger partial charge in [-0.25, -0.2) is 4.79 Å². The van der Waals surface area contributed by atoms with Gasteiger partial charge in [-0.1, -0.05) is 90.0 Å².